The molecule has 5 nitrogen and oxygen atoms in total. The van der Waals surface area contributed by atoms with Crippen molar-refractivity contribution in [2.75, 3.05) is 7.11 Å². The molecule has 0 saturated carbocycles. The summed E-state index contributed by atoms with van der Waals surface area (Å²) in [6.07, 6.45) is 2.12. The molecule has 2 aromatic rings. The molecule has 0 saturated heterocycles. The molecule has 0 spiro atoms. The van der Waals surface area contributed by atoms with Gasteiger partial charge in [-0.3, -0.25) is 4.79 Å². The lowest BCUT2D eigenvalue weighted by Crippen LogP contribution is -2.09. The molecule has 0 aromatic heterocycles. The summed E-state index contributed by atoms with van der Waals surface area (Å²) in [7, 11) is 1.57. The number of hydrogen-bond donors (Lipinski definition) is 0. The average Bonchev–Trinajstić information content (AvgIpc) is 2.61. The van der Waals surface area contributed by atoms with Crippen molar-refractivity contribution in [3.8, 4) is 17.2 Å². The lowest BCUT2D eigenvalue weighted by Gasteiger charge is -2.07. The summed E-state index contributed by atoms with van der Waals surface area (Å²) in [4.78, 5) is 23.6. The quantitative estimate of drug-likeness (QED) is 0.567. The molecule has 126 valence electrons. The number of benzene rings is 2. The summed E-state index contributed by atoms with van der Waals surface area (Å²) in [5.74, 6) is 0.770. The first-order chi connectivity index (χ1) is 11.6. The SMILES string of the molecule is CCCCC(=O)Oc1ccc(C(=O)Oc2ccc(OC)cc2)cc1. The van der Waals surface area contributed by atoms with Crippen molar-refractivity contribution in [3.05, 3.63) is 54.1 Å². The van der Waals surface area contributed by atoms with Gasteiger partial charge in [-0.15, -0.1) is 0 Å². The molecule has 0 bridgehead atoms. The molecule has 0 aliphatic carbocycles. The summed E-state index contributed by atoms with van der Waals surface area (Å²) in [6.45, 7) is 2.01. The van der Waals surface area contributed by atoms with Gasteiger partial charge in [0.1, 0.15) is 17.2 Å². The van der Waals surface area contributed by atoms with Gasteiger partial charge in [0.2, 0.25) is 0 Å². The molecule has 2 aromatic carbocycles. The monoisotopic (exact) mass is 328 g/mol. The predicted molar refractivity (Wildman–Crippen MR) is 89.6 cm³/mol. The summed E-state index contributed by atoms with van der Waals surface area (Å²) >= 11 is 0. The minimum absolute atomic E-state index is 0.273. The van der Waals surface area contributed by atoms with Gasteiger partial charge in [0.05, 0.1) is 12.7 Å². The van der Waals surface area contributed by atoms with Crippen LogP contribution in [0.15, 0.2) is 48.5 Å². The molecule has 24 heavy (non-hydrogen) atoms. The Kier molecular flexibility index (Phi) is 6.37. The van der Waals surface area contributed by atoms with E-state index in [1.54, 1.807) is 55.6 Å². The standard InChI is InChI=1S/C19H20O5/c1-3-4-5-18(20)23-16-8-6-14(7-9-16)19(21)24-17-12-10-15(22-2)11-13-17/h6-13H,3-5H2,1-2H3. The fourth-order valence-electron chi connectivity index (χ4n) is 1.97. The van der Waals surface area contributed by atoms with E-state index in [0.29, 0.717) is 29.2 Å². The van der Waals surface area contributed by atoms with E-state index in [0.717, 1.165) is 12.8 Å². The zero-order valence-electron chi connectivity index (χ0n) is 13.8. The summed E-state index contributed by atoms with van der Waals surface area (Å²) in [5, 5.41) is 0. The van der Waals surface area contributed by atoms with Crippen molar-refractivity contribution >= 4 is 11.9 Å². The Balaban J connectivity index is 1.93. The molecule has 0 unspecified atom stereocenters. The highest BCUT2D eigenvalue weighted by atomic mass is 16.5. The minimum Gasteiger partial charge on any atom is -0.497 e. The molecule has 0 heterocycles. The van der Waals surface area contributed by atoms with E-state index >= 15 is 0 Å². The topological polar surface area (TPSA) is 61.8 Å². The Morgan fingerprint density at radius 2 is 1.38 bits per heavy atom. The second kappa shape index (κ2) is 8.72. The van der Waals surface area contributed by atoms with Crippen LogP contribution in [0, 0.1) is 0 Å². The van der Waals surface area contributed by atoms with Gasteiger partial charge in [-0.2, -0.15) is 0 Å². The van der Waals surface area contributed by atoms with Crippen molar-refractivity contribution in [2.45, 2.75) is 26.2 Å². The number of rotatable bonds is 7. The smallest absolute Gasteiger partial charge is 0.343 e. The summed E-state index contributed by atoms with van der Waals surface area (Å²) in [6, 6.07) is 13.0. The van der Waals surface area contributed by atoms with Crippen LogP contribution in [0.25, 0.3) is 0 Å². The molecule has 0 amide bonds. The van der Waals surface area contributed by atoms with Gasteiger partial charge >= 0.3 is 11.9 Å². The van der Waals surface area contributed by atoms with E-state index in [-0.39, 0.29) is 5.97 Å². The Morgan fingerprint density at radius 3 is 1.96 bits per heavy atom. The molecule has 0 fully saturated rings. The Hall–Kier alpha value is -2.82. The summed E-state index contributed by atoms with van der Waals surface area (Å²) < 4.78 is 15.5. The number of carbonyl (C=O) groups excluding carboxylic acids is 2. The first-order valence-electron chi connectivity index (χ1n) is 7.79. The second-order valence-electron chi connectivity index (χ2n) is 5.17. The maximum Gasteiger partial charge on any atom is 0.343 e. The Bertz CT molecular complexity index is 674. The molecule has 2 rings (SSSR count). The zero-order valence-corrected chi connectivity index (χ0v) is 13.8. The maximum atomic E-state index is 12.1. The van der Waals surface area contributed by atoms with E-state index < -0.39 is 5.97 Å². The van der Waals surface area contributed by atoms with Crippen LogP contribution in [0.3, 0.4) is 0 Å². The Labute approximate surface area is 141 Å². The van der Waals surface area contributed by atoms with Gasteiger partial charge in [-0.05, 0) is 55.0 Å². The van der Waals surface area contributed by atoms with Crippen LogP contribution in [0.5, 0.6) is 17.2 Å². The van der Waals surface area contributed by atoms with E-state index in [4.69, 9.17) is 14.2 Å². The third kappa shape index (κ3) is 5.12. The molecular weight excluding hydrogens is 308 g/mol. The highest BCUT2D eigenvalue weighted by Gasteiger charge is 2.10. The molecule has 0 atom stereocenters. The summed E-state index contributed by atoms with van der Waals surface area (Å²) in [5.41, 5.74) is 0.374. The van der Waals surface area contributed by atoms with Gasteiger partial charge in [-0.1, -0.05) is 13.3 Å². The van der Waals surface area contributed by atoms with Gasteiger partial charge in [0.25, 0.3) is 0 Å². The first-order valence-corrected chi connectivity index (χ1v) is 7.79. The zero-order chi connectivity index (χ0) is 17.4. The number of methoxy groups -OCH3 is 1. The largest absolute Gasteiger partial charge is 0.497 e. The fourth-order valence-corrected chi connectivity index (χ4v) is 1.97. The molecular formula is C19H20O5. The molecule has 0 N–H and O–H groups in total. The molecule has 0 radical (unpaired) electrons. The van der Waals surface area contributed by atoms with Gasteiger partial charge in [0, 0.05) is 6.42 Å². The van der Waals surface area contributed by atoms with Crippen molar-refractivity contribution in [1.82, 2.24) is 0 Å². The van der Waals surface area contributed by atoms with Crippen LogP contribution in [0.4, 0.5) is 0 Å². The van der Waals surface area contributed by atoms with Gasteiger partial charge in [-0.25, -0.2) is 4.79 Å². The fraction of sp³-hybridized carbons (Fsp3) is 0.263. The first kappa shape index (κ1) is 17.5. The lowest BCUT2D eigenvalue weighted by atomic mass is 10.2. The van der Waals surface area contributed by atoms with E-state index in [1.807, 2.05) is 6.92 Å². The minimum atomic E-state index is -0.482. The highest BCUT2D eigenvalue weighted by molar-refractivity contribution is 5.91. The maximum absolute atomic E-state index is 12.1. The third-order valence-corrected chi connectivity index (χ3v) is 3.33. The van der Waals surface area contributed by atoms with Crippen LogP contribution in [0.2, 0.25) is 0 Å². The van der Waals surface area contributed by atoms with Crippen LogP contribution in [-0.4, -0.2) is 19.0 Å². The van der Waals surface area contributed by atoms with E-state index in [2.05, 4.69) is 0 Å². The van der Waals surface area contributed by atoms with E-state index in [9.17, 15) is 9.59 Å². The van der Waals surface area contributed by atoms with Crippen molar-refractivity contribution in [3.63, 3.8) is 0 Å². The molecule has 0 aliphatic heterocycles. The van der Waals surface area contributed by atoms with Gasteiger partial charge in [0.15, 0.2) is 0 Å². The predicted octanol–water partition coefficient (Wildman–Crippen LogP) is 4.01. The number of ether oxygens (including phenoxy) is 3. The lowest BCUT2D eigenvalue weighted by molar-refractivity contribution is -0.134. The van der Waals surface area contributed by atoms with E-state index in [1.165, 1.54) is 0 Å². The van der Waals surface area contributed by atoms with Crippen LogP contribution in [0.1, 0.15) is 36.5 Å². The van der Waals surface area contributed by atoms with Crippen LogP contribution >= 0.6 is 0 Å². The molecule has 5 heteroatoms. The Morgan fingerprint density at radius 1 is 0.833 bits per heavy atom. The number of esters is 2. The van der Waals surface area contributed by atoms with Crippen LogP contribution < -0.4 is 14.2 Å². The van der Waals surface area contributed by atoms with Crippen LogP contribution in [-0.2, 0) is 4.79 Å². The highest BCUT2D eigenvalue weighted by Crippen LogP contribution is 2.19. The average molecular weight is 328 g/mol. The number of unbranched alkanes of at least 4 members (excludes halogenated alkanes) is 1. The van der Waals surface area contributed by atoms with Crippen molar-refractivity contribution in [1.29, 1.82) is 0 Å². The van der Waals surface area contributed by atoms with Crippen molar-refractivity contribution < 1.29 is 23.8 Å². The number of carbonyl (C=O) groups is 2. The second-order valence-corrected chi connectivity index (χ2v) is 5.17. The normalized spacial score (nSPS) is 10.1. The number of hydrogen-bond acceptors (Lipinski definition) is 5. The third-order valence-electron chi connectivity index (χ3n) is 3.33. The van der Waals surface area contributed by atoms with Crippen molar-refractivity contribution in [2.24, 2.45) is 0 Å². The van der Waals surface area contributed by atoms with Gasteiger partial charge < -0.3 is 14.2 Å². The molecule has 0 aliphatic rings.